The number of nitrogens with two attached hydrogens (primary N) is 1. The molecule has 0 atom stereocenters. The van der Waals surface area contributed by atoms with E-state index in [0.29, 0.717) is 10.9 Å². The summed E-state index contributed by atoms with van der Waals surface area (Å²) in [5.41, 5.74) is 5.55. The smallest absolute Gasteiger partial charge is 0.322 e. The van der Waals surface area contributed by atoms with Crippen LogP contribution in [0.3, 0.4) is 0 Å². The Labute approximate surface area is 109 Å². The summed E-state index contributed by atoms with van der Waals surface area (Å²) < 4.78 is 9.87. The highest BCUT2D eigenvalue weighted by Gasteiger charge is 2.08. The van der Waals surface area contributed by atoms with Crippen molar-refractivity contribution in [2.75, 3.05) is 18.6 Å². The van der Waals surface area contributed by atoms with Crippen LogP contribution in [-0.4, -0.2) is 39.9 Å². The molecular formula is C10H16N4O3S. The van der Waals surface area contributed by atoms with Gasteiger partial charge in [0.1, 0.15) is 0 Å². The number of nitrogens with zero attached hydrogens (tertiary/aromatic N) is 3. The maximum Gasteiger partial charge on any atom is 0.322 e. The molecule has 1 aromatic rings. The summed E-state index contributed by atoms with van der Waals surface area (Å²) in [6.45, 7) is 3.73. The predicted molar refractivity (Wildman–Crippen MR) is 67.4 cm³/mol. The summed E-state index contributed by atoms with van der Waals surface area (Å²) in [6.07, 6.45) is 0.243. The summed E-state index contributed by atoms with van der Waals surface area (Å²) in [4.78, 5) is 22.8. The van der Waals surface area contributed by atoms with Crippen molar-refractivity contribution < 1.29 is 14.3 Å². The van der Waals surface area contributed by atoms with Crippen LogP contribution in [0.15, 0.2) is 5.16 Å². The molecule has 0 radical (unpaired) electrons. The molecule has 8 heteroatoms. The second-order valence-corrected chi connectivity index (χ2v) is 4.66. The molecule has 0 amide bonds. The van der Waals surface area contributed by atoms with Crippen LogP contribution in [0.4, 0.5) is 5.95 Å². The van der Waals surface area contributed by atoms with Gasteiger partial charge in [0.15, 0.2) is 5.16 Å². The molecule has 2 N–H and O–H groups in total. The molecule has 0 aliphatic carbocycles. The fraction of sp³-hybridized carbons (Fsp3) is 0.600. The molecule has 0 saturated carbocycles. The molecule has 1 aromatic heterocycles. The number of aromatic nitrogens is 3. The zero-order valence-corrected chi connectivity index (χ0v) is 11.4. The Morgan fingerprint density at radius 2 is 2.11 bits per heavy atom. The zero-order valence-electron chi connectivity index (χ0n) is 10.5. The number of hydrogen-bond donors (Lipinski definition) is 1. The number of thioether (sulfide) groups is 1. The first-order chi connectivity index (χ1) is 8.51. The van der Waals surface area contributed by atoms with E-state index in [-0.39, 0.29) is 30.5 Å². The minimum Gasteiger partial charge on any atom is -0.469 e. The second kappa shape index (κ2) is 7.00. The number of esters is 1. The van der Waals surface area contributed by atoms with Gasteiger partial charge in [-0.05, 0) is 13.8 Å². The van der Waals surface area contributed by atoms with Crippen molar-refractivity contribution in [1.82, 2.24) is 15.0 Å². The lowest BCUT2D eigenvalue weighted by Gasteiger charge is -2.08. The minimum atomic E-state index is -0.275. The summed E-state index contributed by atoms with van der Waals surface area (Å²) in [5.74, 6) is 0.335. The van der Waals surface area contributed by atoms with Gasteiger partial charge in [-0.1, -0.05) is 11.8 Å². The first-order valence-corrected chi connectivity index (χ1v) is 6.37. The molecule has 0 aliphatic rings. The van der Waals surface area contributed by atoms with Gasteiger partial charge in [-0.25, -0.2) is 0 Å². The van der Waals surface area contributed by atoms with Gasteiger partial charge >= 0.3 is 12.0 Å². The number of methoxy groups -OCH3 is 1. The number of anilines is 1. The zero-order chi connectivity index (χ0) is 13.5. The average molecular weight is 272 g/mol. The highest BCUT2D eigenvalue weighted by atomic mass is 32.2. The van der Waals surface area contributed by atoms with Crippen LogP contribution in [0.5, 0.6) is 6.01 Å². The molecule has 18 heavy (non-hydrogen) atoms. The van der Waals surface area contributed by atoms with Crippen LogP contribution >= 0.6 is 11.8 Å². The van der Waals surface area contributed by atoms with Crippen molar-refractivity contribution in [3.8, 4) is 6.01 Å². The number of ether oxygens (including phenoxy) is 2. The molecule has 1 rings (SSSR count). The van der Waals surface area contributed by atoms with Crippen LogP contribution in [-0.2, 0) is 9.53 Å². The van der Waals surface area contributed by atoms with Gasteiger partial charge in [-0.3, -0.25) is 4.79 Å². The van der Waals surface area contributed by atoms with Crippen LogP contribution in [0.2, 0.25) is 0 Å². The molecule has 100 valence electrons. The molecule has 0 saturated heterocycles. The van der Waals surface area contributed by atoms with Crippen LogP contribution in [0, 0.1) is 0 Å². The van der Waals surface area contributed by atoms with E-state index in [2.05, 4.69) is 19.7 Å². The van der Waals surface area contributed by atoms with E-state index >= 15 is 0 Å². The van der Waals surface area contributed by atoms with Gasteiger partial charge in [-0.15, -0.1) is 0 Å². The van der Waals surface area contributed by atoms with Gasteiger partial charge in [-0.2, -0.15) is 15.0 Å². The number of rotatable bonds is 6. The minimum absolute atomic E-state index is 0.0419. The lowest BCUT2D eigenvalue weighted by atomic mass is 10.5. The van der Waals surface area contributed by atoms with Crippen molar-refractivity contribution in [3.63, 3.8) is 0 Å². The Bertz CT molecular complexity index is 414. The number of carbonyl (C=O) groups is 1. The quantitative estimate of drug-likeness (QED) is 0.602. The maximum atomic E-state index is 10.9. The van der Waals surface area contributed by atoms with E-state index in [4.69, 9.17) is 10.5 Å². The Balaban J connectivity index is 2.59. The van der Waals surface area contributed by atoms with Crippen molar-refractivity contribution >= 4 is 23.7 Å². The first-order valence-electron chi connectivity index (χ1n) is 5.39. The SMILES string of the molecule is COC(=O)CCSc1nc(N)nc(OC(C)C)n1. The Morgan fingerprint density at radius 3 is 2.72 bits per heavy atom. The Kier molecular flexibility index (Phi) is 5.63. The normalized spacial score (nSPS) is 10.4. The molecule has 0 aromatic carbocycles. The van der Waals surface area contributed by atoms with Crippen LogP contribution in [0.1, 0.15) is 20.3 Å². The van der Waals surface area contributed by atoms with Gasteiger partial charge in [0.05, 0.1) is 19.6 Å². The molecule has 0 unspecified atom stereocenters. The highest BCUT2D eigenvalue weighted by Crippen LogP contribution is 2.17. The monoisotopic (exact) mass is 272 g/mol. The van der Waals surface area contributed by atoms with Crippen LogP contribution < -0.4 is 10.5 Å². The fourth-order valence-electron chi connectivity index (χ4n) is 1.01. The molecule has 0 bridgehead atoms. The van der Waals surface area contributed by atoms with Gasteiger partial charge in [0.2, 0.25) is 5.95 Å². The van der Waals surface area contributed by atoms with E-state index in [1.807, 2.05) is 13.8 Å². The third-order valence-electron chi connectivity index (χ3n) is 1.72. The average Bonchev–Trinajstić information content (AvgIpc) is 2.27. The molecule has 0 fully saturated rings. The van der Waals surface area contributed by atoms with E-state index < -0.39 is 0 Å². The highest BCUT2D eigenvalue weighted by molar-refractivity contribution is 7.99. The van der Waals surface area contributed by atoms with E-state index in [1.54, 1.807) is 0 Å². The summed E-state index contributed by atoms with van der Waals surface area (Å²) in [5, 5.41) is 0.432. The number of hydrogen-bond acceptors (Lipinski definition) is 8. The number of carbonyl (C=O) groups excluding carboxylic acids is 1. The van der Waals surface area contributed by atoms with Crippen molar-refractivity contribution in [2.24, 2.45) is 0 Å². The van der Waals surface area contributed by atoms with Gasteiger partial charge < -0.3 is 15.2 Å². The summed E-state index contributed by atoms with van der Waals surface area (Å²) in [7, 11) is 1.35. The largest absolute Gasteiger partial charge is 0.469 e. The van der Waals surface area contributed by atoms with Gasteiger partial charge in [0.25, 0.3) is 0 Å². The summed E-state index contributed by atoms with van der Waals surface area (Å²) >= 11 is 1.30. The van der Waals surface area contributed by atoms with E-state index in [0.717, 1.165) is 0 Å². The van der Waals surface area contributed by atoms with Crippen molar-refractivity contribution in [2.45, 2.75) is 31.5 Å². The van der Waals surface area contributed by atoms with E-state index in [9.17, 15) is 4.79 Å². The second-order valence-electron chi connectivity index (χ2n) is 3.60. The molecule has 7 nitrogen and oxygen atoms in total. The first kappa shape index (κ1) is 14.5. The maximum absolute atomic E-state index is 10.9. The van der Waals surface area contributed by atoms with Crippen molar-refractivity contribution in [1.29, 1.82) is 0 Å². The van der Waals surface area contributed by atoms with Crippen molar-refractivity contribution in [3.05, 3.63) is 0 Å². The molecule has 0 spiro atoms. The summed E-state index contributed by atoms with van der Waals surface area (Å²) in [6, 6.07) is 0.193. The lowest BCUT2D eigenvalue weighted by Crippen LogP contribution is -2.11. The molecule has 1 heterocycles. The third-order valence-corrected chi connectivity index (χ3v) is 2.57. The number of nitrogen functional groups attached to an aromatic ring is 1. The Hall–Kier alpha value is -1.57. The van der Waals surface area contributed by atoms with E-state index in [1.165, 1.54) is 18.9 Å². The standard InChI is InChI=1S/C10H16N4O3S/c1-6(2)17-9-12-8(11)13-10(14-9)18-5-4-7(15)16-3/h6H,4-5H2,1-3H3,(H2,11,12,13,14). The predicted octanol–water partition coefficient (Wildman–Crippen LogP) is 0.896. The van der Waals surface area contributed by atoms with Crippen LogP contribution in [0.25, 0.3) is 0 Å². The van der Waals surface area contributed by atoms with Gasteiger partial charge in [0, 0.05) is 5.75 Å². The third kappa shape index (κ3) is 5.17. The Morgan fingerprint density at radius 1 is 1.39 bits per heavy atom. The molecular weight excluding hydrogens is 256 g/mol. The molecule has 0 aliphatic heterocycles. The lowest BCUT2D eigenvalue weighted by molar-refractivity contribution is -0.140. The topological polar surface area (TPSA) is 100 Å². The fourth-order valence-corrected chi connectivity index (χ4v) is 1.76.